The predicted octanol–water partition coefficient (Wildman–Crippen LogP) is 3.48. The summed E-state index contributed by atoms with van der Waals surface area (Å²) >= 11 is 0. The molecule has 0 aliphatic heterocycles. The number of hydrogen-bond donors (Lipinski definition) is 0. The van der Waals surface area contributed by atoms with Gasteiger partial charge in [0, 0.05) is 18.8 Å². The molecular formula is C16H29N3. The normalized spacial score (nSPS) is 24.0. The van der Waals surface area contributed by atoms with Gasteiger partial charge >= 0.3 is 0 Å². The summed E-state index contributed by atoms with van der Waals surface area (Å²) in [6.45, 7) is 6.77. The van der Waals surface area contributed by atoms with E-state index in [4.69, 9.17) is 0 Å². The van der Waals surface area contributed by atoms with Gasteiger partial charge in [0.15, 0.2) is 0 Å². The molecule has 1 fully saturated rings. The molecule has 1 aromatic heterocycles. The predicted molar refractivity (Wildman–Crippen MR) is 80.2 cm³/mol. The lowest BCUT2D eigenvalue weighted by Gasteiger charge is -2.34. The second-order valence-electron chi connectivity index (χ2n) is 6.25. The molecule has 1 saturated carbocycles. The minimum absolute atomic E-state index is 0.821. The average Bonchev–Trinajstić information content (AvgIpc) is 2.82. The molecule has 0 unspecified atom stereocenters. The number of rotatable bonds is 6. The molecule has 0 N–H and O–H groups in total. The Hall–Kier alpha value is -0.830. The highest BCUT2D eigenvalue weighted by atomic mass is 15.3. The van der Waals surface area contributed by atoms with Gasteiger partial charge in [-0.25, -0.2) is 0 Å². The van der Waals surface area contributed by atoms with Crippen LogP contribution >= 0.6 is 0 Å². The van der Waals surface area contributed by atoms with Crippen LogP contribution in [-0.2, 0) is 6.54 Å². The Kier molecular flexibility index (Phi) is 5.44. The lowest BCUT2D eigenvalue weighted by Crippen LogP contribution is -2.36. The maximum absolute atomic E-state index is 4.41. The van der Waals surface area contributed by atoms with Crippen LogP contribution < -0.4 is 0 Å². The average molecular weight is 263 g/mol. The molecule has 1 aromatic rings. The lowest BCUT2D eigenvalue weighted by molar-refractivity contribution is 0.155. The molecule has 3 heteroatoms. The van der Waals surface area contributed by atoms with Gasteiger partial charge in [0.2, 0.25) is 0 Å². The maximum Gasteiger partial charge on any atom is 0.0518 e. The van der Waals surface area contributed by atoms with Gasteiger partial charge in [-0.05, 0) is 64.1 Å². The van der Waals surface area contributed by atoms with Crippen molar-refractivity contribution in [2.45, 2.75) is 65.0 Å². The van der Waals surface area contributed by atoms with Crippen molar-refractivity contribution in [2.75, 3.05) is 13.6 Å². The quantitative estimate of drug-likeness (QED) is 0.783. The van der Waals surface area contributed by atoms with Gasteiger partial charge in [0.05, 0.1) is 6.20 Å². The molecule has 0 saturated heterocycles. The van der Waals surface area contributed by atoms with Crippen LogP contribution in [0.2, 0.25) is 0 Å². The molecule has 2 rings (SSSR count). The molecule has 108 valence electrons. The summed E-state index contributed by atoms with van der Waals surface area (Å²) in [6.07, 6.45) is 12.2. The molecule has 0 amide bonds. The Morgan fingerprint density at radius 1 is 1.32 bits per heavy atom. The number of nitrogens with zero attached hydrogens (tertiary/aromatic N) is 3. The van der Waals surface area contributed by atoms with Gasteiger partial charge in [-0.15, -0.1) is 0 Å². The fraction of sp³-hybridized carbons (Fsp3) is 0.812. The highest BCUT2D eigenvalue weighted by molar-refractivity contribution is 4.99. The van der Waals surface area contributed by atoms with Crippen LogP contribution in [0.25, 0.3) is 0 Å². The molecule has 19 heavy (non-hydrogen) atoms. The van der Waals surface area contributed by atoms with Crippen LogP contribution in [0.5, 0.6) is 0 Å². The lowest BCUT2D eigenvalue weighted by atomic mass is 9.85. The van der Waals surface area contributed by atoms with Crippen molar-refractivity contribution in [3.05, 3.63) is 18.0 Å². The Morgan fingerprint density at radius 2 is 2.05 bits per heavy atom. The summed E-state index contributed by atoms with van der Waals surface area (Å²) in [5.41, 5.74) is 1.27. The van der Waals surface area contributed by atoms with E-state index in [2.05, 4.69) is 41.8 Å². The van der Waals surface area contributed by atoms with E-state index in [-0.39, 0.29) is 0 Å². The summed E-state index contributed by atoms with van der Waals surface area (Å²) in [5.74, 6) is 0.829. The minimum Gasteiger partial charge on any atom is -0.303 e. The SMILES string of the molecule is CCCCN(C)C1CCC(Cn2cc(C)cn2)CC1. The van der Waals surface area contributed by atoms with E-state index in [1.807, 2.05) is 6.20 Å². The Bertz CT molecular complexity index is 364. The zero-order chi connectivity index (χ0) is 13.7. The number of aryl methyl sites for hydroxylation is 1. The maximum atomic E-state index is 4.41. The summed E-state index contributed by atoms with van der Waals surface area (Å²) in [6, 6.07) is 0.821. The topological polar surface area (TPSA) is 21.1 Å². The van der Waals surface area contributed by atoms with E-state index in [1.54, 1.807) is 0 Å². The molecule has 3 nitrogen and oxygen atoms in total. The Labute approximate surface area is 118 Å². The van der Waals surface area contributed by atoms with Crippen LogP contribution in [0, 0.1) is 12.8 Å². The monoisotopic (exact) mass is 263 g/mol. The summed E-state index contributed by atoms with van der Waals surface area (Å²) in [4.78, 5) is 2.58. The van der Waals surface area contributed by atoms with E-state index in [0.717, 1.165) is 18.5 Å². The third-order valence-corrected chi connectivity index (χ3v) is 4.51. The molecule has 0 aromatic carbocycles. The van der Waals surface area contributed by atoms with Crippen LogP contribution in [0.3, 0.4) is 0 Å². The summed E-state index contributed by atoms with van der Waals surface area (Å²) < 4.78 is 2.13. The van der Waals surface area contributed by atoms with Gasteiger partial charge in [0.1, 0.15) is 0 Å². The standard InChI is InChI=1S/C16H29N3/c1-4-5-10-18(3)16-8-6-15(7-9-16)13-19-12-14(2)11-17-19/h11-12,15-16H,4-10,13H2,1-3H3. The van der Waals surface area contributed by atoms with Gasteiger partial charge < -0.3 is 4.90 Å². The Balaban J connectivity index is 1.73. The molecule has 0 spiro atoms. The summed E-state index contributed by atoms with van der Waals surface area (Å²) in [5, 5.41) is 4.41. The molecule has 1 heterocycles. The summed E-state index contributed by atoms with van der Waals surface area (Å²) in [7, 11) is 2.30. The van der Waals surface area contributed by atoms with Crippen LogP contribution in [0.15, 0.2) is 12.4 Å². The number of unbranched alkanes of at least 4 members (excludes halogenated alkanes) is 1. The Morgan fingerprint density at radius 3 is 2.63 bits per heavy atom. The van der Waals surface area contributed by atoms with Crippen molar-refractivity contribution in [1.29, 1.82) is 0 Å². The van der Waals surface area contributed by atoms with Crippen LogP contribution in [0.1, 0.15) is 51.0 Å². The van der Waals surface area contributed by atoms with Crippen LogP contribution in [0.4, 0.5) is 0 Å². The smallest absolute Gasteiger partial charge is 0.0518 e. The van der Waals surface area contributed by atoms with Gasteiger partial charge in [-0.1, -0.05) is 13.3 Å². The first-order chi connectivity index (χ1) is 9.19. The van der Waals surface area contributed by atoms with Crippen molar-refractivity contribution in [3.63, 3.8) is 0 Å². The first kappa shape index (κ1) is 14.6. The van der Waals surface area contributed by atoms with Gasteiger partial charge in [-0.2, -0.15) is 5.10 Å². The highest BCUT2D eigenvalue weighted by Crippen LogP contribution is 2.28. The molecule has 0 atom stereocenters. The highest BCUT2D eigenvalue weighted by Gasteiger charge is 2.23. The molecular weight excluding hydrogens is 234 g/mol. The molecule has 1 aliphatic rings. The fourth-order valence-corrected chi connectivity index (χ4v) is 3.19. The second-order valence-corrected chi connectivity index (χ2v) is 6.25. The van der Waals surface area contributed by atoms with E-state index in [1.165, 1.54) is 50.6 Å². The first-order valence-corrected chi connectivity index (χ1v) is 7.88. The first-order valence-electron chi connectivity index (χ1n) is 7.88. The molecule has 0 bridgehead atoms. The van der Waals surface area contributed by atoms with E-state index in [0.29, 0.717) is 0 Å². The second kappa shape index (κ2) is 7.09. The third kappa shape index (κ3) is 4.34. The van der Waals surface area contributed by atoms with E-state index < -0.39 is 0 Å². The van der Waals surface area contributed by atoms with Crippen molar-refractivity contribution >= 4 is 0 Å². The molecule has 1 aliphatic carbocycles. The molecule has 0 radical (unpaired) electrons. The zero-order valence-electron chi connectivity index (χ0n) is 12.8. The minimum atomic E-state index is 0.821. The largest absolute Gasteiger partial charge is 0.303 e. The third-order valence-electron chi connectivity index (χ3n) is 4.51. The fourth-order valence-electron chi connectivity index (χ4n) is 3.19. The number of aromatic nitrogens is 2. The van der Waals surface area contributed by atoms with Gasteiger partial charge in [-0.3, -0.25) is 4.68 Å². The van der Waals surface area contributed by atoms with Gasteiger partial charge in [0.25, 0.3) is 0 Å². The van der Waals surface area contributed by atoms with Crippen molar-refractivity contribution in [1.82, 2.24) is 14.7 Å². The zero-order valence-corrected chi connectivity index (χ0v) is 12.8. The van der Waals surface area contributed by atoms with Crippen molar-refractivity contribution < 1.29 is 0 Å². The number of hydrogen-bond acceptors (Lipinski definition) is 2. The van der Waals surface area contributed by atoms with E-state index in [9.17, 15) is 0 Å². The van der Waals surface area contributed by atoms with Crippen molar-refractivity contribution in [2.24, 2.45) is 5.92 Å². The van der Waals surface area contributed by atoms with Crippen LogP contribution in [-0.4, -0.2) is 34.3 Å². The van der Waals surface area contributed by atoms with Crippen molar-refractivity contribution in [3.8, 4) is 0 Å². The van der Waals surface area contributed by atoms with E-state index >= 15 is 0 Å².